The van der Waals surface area contributed by atoms with Crippen LogP contribution in [-0.2, 0) is 4.79 Å². The van der Waals surface area contributed by atoms with Crippen LogP contribution < -0.4 is 11.1 Å². The van der Waals surface area contributed by atoms with E-state index in [4.69, 9.17) is 17.3 Å². The van der Waals surface area contributed by atoms with E-state index in [-0.39, 0.29) is 12.3 Å². The Morgan fingerprint density at radius 1 is 1.31 bits per heavy atom. The highest BCUT2D eigenvalue weighted by atomic mass is 35.5. The number of benzene rings is 1. The summed E-state index contributed by atoms with van der Waals surface area (Å²) >= 11 is 6.04. The lowest BCUT2D eigenvalue weighted by Crippen LogP contribution is -2.32. The summed E-state index contributed by atoms with van der Waals surface area (Å²) in [4.78, 5) is 24.3. The lowest BCUT2D eigenvalue weighted by molar-refractivity contribution is -0.118. The second kappa shape index (κ2) is 8.36. The Kier molecular flexibility index (Phi) is 5.93. The van der Waals surface area contributed by atoms with Crippen molar-refractivity contribution in [2.75, 3.05) is 0 Å². The fourth-order valence-corrected chi connectivity index (χ4v) is 3.79. The molecule has 0 unspecified atom stereocenters. The molecule has 3 rings (SSSR count). The van der Waals surface area contributed by atoms with Crippen molar-refractivity contribution in [2.24, 2.45) is 5.73 Å². The molecule has 1 aliphatic carbocycles. The number of carbonyl (C=O) groups excluding carboxylic acids is 2. The van der Waals surface area contributed by atoms with Crippen LogP contribution in [0.4, 0.5) is 0 Å². The summed E-state index contributed by atoms with van der Waals surface area (Å²) < 4.78 is 0. The highest BCUT2D eigenvalue weighted by molar-refractivity contribution is 6.30. The van der Waals surface area contributed by atoms with E-state index in [1.807, 2.05) is 6.07 Å². The molecule has 6 nitrogen and oxygen atoms in total. The second-order valence-corrected chi connectivity index (χ2v) is 7.22. The van der Waals surface area contributed by atoms with Crippen molar-refractivity contribution in [2.45, 2.75) is 50.5 Å². The molecule has 7 heteroatoms. The first-order chi connectivity index (χ1) is 12.5. The standard InChI is InChI=1S/C19H23ClN4O2/c20-14-8-4-7-13(9-14)16(10-17(21)25)23-19(26)15-11-22-24-18(15)12-5-2-1-3-6-12/h4,7-9,11-12,16H,1-3,5-6,10H2,(H2,21,25)(H,22,24)(H,23,26)/t16-/m0/s1. The van der Waals surface area contributed by atoms with Crippen LogP contribution in [0.25, 0.3) is 0 Å². The maximum absolute atomic E-state index is 12.9. The maximum atomic E-state index is 12.9. The number of hydrogen-bond acceptors (Lipinski definition) is 3. The quantitative estimate of drug-likeness (QED) is 0.721. The number of H-pyrrole nitrogens is 1. The summed E-state index contributed by atoms with van der Waals surface area (Å²) in [7, 11) is 0. The molecule has 26 heavy (non-hydrogen) atoms. The van der Waals surface area contributed by atoms with Crippen molar-refractivity contribution in [1.29, 1.82) is 0 Å². The lowest BCUT2D eigenvalue weighted by Gasteiger charge is -2.22. The third-order valence-corrected chi connectivity index (χ3v) is 5.12. The molecule has 0 radical (unpaired) electrons. The third-order valence-electron chi connectivity index (χ3n) is 4.89. The number of rotatable bonds is 6. The number of carbonyl (C=O) groups is 2. The van der Waals surface area contributed by atoms with Gasteiger partial charge < -0.3 is 11.1 Å². The van der Waals surface area contributed by atoms with Crippen molar-refractivity contribution in [3.63, 3.8) is 0 Å². The van der Waals surface area contributed by atoms with Gasteiger partial charge in [-0.1, -0.05) is 43.0 Å². The highest BCUT2D eigenvalue weighted by Crippen LogP contribution is 2.33. The van der Waals surface area contributed by atoms with Crippen LogP contribution in [0.15, 0.2) is 30.5 Å². The molecule has 2 amide bonds. The van der Waals surface area contributed by atoms with Gasteiger partial charge in [-0.2, -0.15) is 5.10 Å². The van der Waals surface area contributed by atoms with Gasteiger partial charge in [0.1, 0.15) is 0 Å². The summed E-state index contributed by atoms with van der Waals surface area (Å²) in [6.45, 7) is 0. The van der Waals surface area contributed by atoms with Crippen LogP contribution in [-0.4, -0.2) is 22.0 Å². The smallest absolute Gasteiger partial charge is 0.255 e. The number of halogens is 1. The van der Waals surface area contributed by atoms with Crippen molar-refractivity contribution >= 4 is 23.4 Å². The molecular weight excluding hydrogens is 352 g/mol. The summed E-state index contributed by atoms with van der Waals surface area (Å²) in [6.07, 6.45) is 7.24. The minimum Gasteiger partial charge on any atom is -0.370 e. The van der Waals surface area contributed by atoms with Gasteiger partial charge in [-0.15, -0.1) is 0 Å². The van der Waals surface area contributed by atoms with E-state index in [1.54, 1.807) is 24.4 Å². The van der Waals surface area contributed by atoms with E-state index in [1.165, 1.54) is 6.42 Å². The van der Waals surface area contributed by atoms with Crippen molar-refractivity contribution in [1.82, 2.24) is 15.5 Å². The van der Waals surface area contributed by atoms with Crippen molar-refractivity contribution in [3.05, 3.63) is 52.3 Å². The number of nitrogens with two attached hydrogens (primary N) is 1. The Labute approximate surface area is 157 Å². The van der Waals surface area contributed by atoms with Gasteiger partial charge >= 0.3 is 0 Å². The van der Waals surface area contributed by atoms with Gasteiger partial charge in [0.2, 0.25) is 5.91 Å². The Morgan fingerprint density at radius 2 is 2.08 bits per heavy atom. The fraction of sp³-hybridized carbons (Fsp3) is 0.421. The lowest BCUT2D eigenvalue weighted by atomic mass is 9.85. The first-order valence-corrected chi connectivity index (χ1v) is 9.30. The Balaban J connectivity index is 1.80. The zero-order valence-corrected chi connectivity index (χ0v) is 15.3. The molecule has 0 saturated heterocycles. The number of hydrogen-bond donors (Lipinski definition) is 3. The molecule has 4 N–H and O–H groups in total. The van der Waals surface area contributed by atoms with Crippen LogP contribution in [0.5, 0.6) is 0 Å². The predicted molar refractivity (Wildman–Crippen MR) is 99.9 cm³/mol. The van der Waals surface area contributed by atoms with Crippen LogP contribution in [0.3, 0.4) is 0 Å². The molecule has 1 aliphatic rings. The monoisotopic (exact) mass is 374 g/mol. The van der Waals surface area contributed by atoms with Crippen molar-refractivity contribution in [3.8, 4) is 0 Å². The summed E-state index contributed by atoms with van der Waals surface area (Å²) in [6, 6.07) is 6.53. The molecule has 1 atom stereocenters. The van der Waals surface area contributed by atoms with Gasteiger partial charge in [-0.25, -0.2) is 0 Å². The molecule has 138 valence electrons. The normalized spacial score (nSPS) is 16.2. The minimum atomic E-state index is -0.534. The van der Waals surface area contributed by atoms with E-state index < -0.39 is 11.9 Å². The number of primary amides is 1. The van der Waals surface area contributed by atoms with E-state index in [9.17, 15) is 9.59 Å². The SMILES string of the molecule is NC(=O)C[C@H](NC(=O)c1cn[nH]c1C1CCCCC1)c1cccc(Cl)c1. The Hall–Kier alpha value is -2.34. The molecule has 0 bridgehead atoms. The average molecular weight is 375 g/mol. The van der Waals surface area contributed by atoms with Gasteiger partial charge in [0.25, 0.3) is 5.91 Å². The minimum absolute atomic E-state index is 0.00267. The van der Waals surface area contributed by atoms with Crippen molar-refractivity contribution < 1.29 is 9.59 Å². The number of aromatic nitrogens is 2. The number of nitrogens with zero attached hydrogens (tertiary/aromatic N) is 1. The highest BCUT2D eigenvalue weighted by Gasteiger charge is 2.25. The van der Waals surface area contributed by atoms with Gasteiger partial charge in [-0.05, 0) is 30.5 Å². The third kappa shape index (κ3) is 4.43. The summed E-state index contributed by atoms with van der Waals surface area (Å²) in [5.41, 5.74) is 7.53. The molecule has 1 aromatic heterocycles. The molecular formula is C19H23ClN4O2. The zero-order valence-electron chi connectivity index (χ0n) is 14.5. The van der Waals surface area contributed by atoms with E-state index in [2.05, 4.69) is 15.5 Å². The largest absolute Gasteiger partial charge is 0.370 e. The van der Waals surface area contributed by atoms with E-state index in [0.29, 0.717) is 16.5 Å². The first-order valence-electron chi connectivity index (χ1n) is 8.92. The Bertz CT molecular complexity index is 783. The second-order valence-electron chi connectivity index (χ2n) is 6.78. The molecule has 1 saturated carbocycles. The first kappa shape index (κ1) is 18.5. The van der Waals surface area contributed by atoms with Crippen LogP contribution >= 0.6 is 11.6 Å². The van der Waals surface area contributed by atoms with E-state index >= 15 is 0 Å². The van der Waals surface area contributed by atoms with E-state index in [0.717, 1.165) is 36.9 Å². The van der Waals surface area contributed by atoms with Gasteiger partial charge in [0, 0.05) is 10.9 Å². The number of amides is 2. The predicted octanol–water partition coefficient (Wildman–Crippen LogP) is 3.46. The number of aromatic amines is 1. The molecule has 1 fully saturated rings. The molecule has 0 aliphatic heterocycles. The number of nitrogens with one attached hydrogen (secondary N) is 2. The molecule has 2 aromatic rings. The average Bonchev–Trinajstić information content (AvgIpc) is 3.11. The maximum Gasteiger partial charge on any atom is 0.255 e. The molecule has 1 heterocycles. The fourth-order valence-electron chi connectivity index (χ4n) is 3.59. The van der Waals surface area contributed by atoms with Gasteiger partial charge in [0.05, 0.1) is 29.9 Å². The molecule has 1 aromatic carbocycles. The molecule has 0 spiro atoms. The van der Waals surface area contributed by atoms with Crippen LogP contribution in [0, 0.1) is 0 Å². The van der Waals surface area contributed by atoms with Crippen LogP contribution in [0.2, 0.25) is 5.02 Å². The zero-order chi connectivity index (χ0) is 18.5. The summed E-state index contributed by atoms with van der Waals surface area (Å²) in [5.74, 6) is -0.423. The topological polar surface area (TPSA) is 101 Å². The van der Waals surface area contributed by atoms with Gasteiger partial charge in [0.15, 0.2) is 0 Å². The van der Waals surface area contributed by atoms with Gasteiger partial charge in [-0.3, -0.25) is 14.7 Å². The summed E-state index contributed by atoms with van der Waals surface area (Å²) in [5, 5.41) is 10.5. The van der Waals surface area contributed by atoms with Crippen LogP contribution in [0.1, 0.15) is 72.1 Å². The Morgan fingerprint density at radius 3 is 2.77 bits per heavy atom.